The Balaban J connectivity index is 1.60. The third-order valence-electron chi connectivity index (χ3n) is 3.77. The molecule has 0 bridgehead atoms. The molecule has 1 N–H and O–H groups in total. The van der Waals surface area contributed by atoms with Gasteiger partial charge in [-0.1, -0.05) is 6.07 Å². The lowest BCUT2D eigenvalue weighted by Crippen LogP contribution is -2.13. The van der Waals surface area contributed by atoms with Gasteiger partial charge in [0, 0.05) is 23.3 Å². The third kappa shape index (κ3) is 5.20. The molecule has 28 heavy (non-hydrogen) atoms. The number of rotatable bonds is 8. The zero-order chi connectivity index (χ0) is 20.1. The molecule has 0 atom stereocenters. The summed E-state index contributed by atoms with van der Waals surface area (Å²) in [6, 6.07) is 9.67. The van der Waals surface area contributed by atoms with E-state index in [-0.39, 0.29) is 30.3 Å². The summed E-state index contributed by atoms with van der Waals surface area (Å²) in [7, 11) is 0. The van der Waals surface area contributed by atoms with Crippen molar-refractivity contribution >= 4 is 39.5 Å². The van der Waals surface area contributed by atoms with E-state index in [4.69, 9.17) is 0 Å². The molecule has 2 heterocycles. The van der Waals surface area contributed by atoms with Gasteiger partial charge in [-0.15, -0.1) is 22.7 Å². The van der Waals surface area contributed by atoms with Crippen LogP contribution in [0.2, 0.25) is 0 Å². The summed E-state index contributed by atoms with van der Waals surface area (Å²) in [5.41, 5.74) is 1.38. The summed E-state index contributed by atoms with van der Waals surface area (Å²) >= 11 is 2.66. The van der Waals surface area contributed by atoms with E-state index in [9.17, 15) is 18.4 Å². The van der Waals surface area contributed by atoms with Crippen molar-refractivity contribution in [2.45, 2.75) is 26.4 Å². The number of ketones is 1. The second kappa shape index (κ2) is 9.03. The Labute approximate surface area is 168 Å². The van der Waals surface area contributed by atoms with Crippen LogP contribution in [0.25, 0.3) is 11.3 Å². The number of ether oxygens (including phenoxy) is 1. The van der Waals surface area contributed by atoms with Crippen LogP contribution in [0, 0.1) is 6.92 Å². The molecule has 0 aliphatic carbocycles. The van der Waals surface area contributed by atoms with Crippen LogP contribution in [0.3, 0.4) is 0 Å². The molecule has 0 aliphatic rings. The lowest BCUT2D eigenvalue weighted by atomic mass is 10.1. The molecule has 1 amide bonds. The van der Waals surface area contributed by atoms with Gasteiger partial charge in [-0.3, -0.25) is 9.59 Å². The Morgan fingerprint density at radius 2 is 1.93 bits per heavy atom. The Bertz CT molecular complexity index is 954. The molecule has 3 rings (SSSR count). The minimum Gasteiger partial charge on any atom is -0.435 e. The number of thiophene rings is 1. The van der Waals surface area contributed by atoms with Crippen LogP contribution >= 0.6 is 22.7 Å². The lowest BCUT2D eigenvalue weighted by Gasteiger charge is -2.05. The molecular formula is C19H16F2N2O3S2. The standard InChI is InChI=1S/C19H16F2N2O3S2/c1-11-17(12-4-6-13(7-5-12)26-18(20)21)23-19(28-11)22-16(25)9-8-14(24)15-3-2-10-27-15/h2-7,10,18H,8-9H2,1H3,(H,22,23,25). The van der Waals surface area contributed by atoms with Gasteiger partial charge in [-0.25, -0.2) is 4.98 Å². The number of carbonyl (C=O) groups is 2. The van der Waals surface area contributed by atoms with Crippen LogP contribution in [-0.2, 0) is 4.79 Å². The van der Waals surface area contributed by atoms with Crippen LogP contribution in [0.4, 0.5) is 13.9 Å². The number of alkyl halides is 2. The second-order valence-electron chi connectivity index (χ2n) is 5.78. The fourth-order valence-electron chi connectivity index (χ4n) is 2.48. The van der Waals surface area contributed by atoms with Gasteiger partial charge >= 0.3 is 6.61 Å². The number of aryl methyl sites for hydroxylation is 1. The first-order valence-corrected chi connectivity index (χ1v) is 10.0. The first-order chi connectivity index (χ1) is 13.4. The van der Waals surface area contributed by atoms with Crippen molar-refractivity contribution in [1.29, 1.82) is 0 Å². The fourth-order valence-corrected chi connectivity index (χ4v) is 4.03. The average molecular weight is 422 g/mol. The first kappa shape index (κ1) is 20.1. The van der Waals surface area contributed by atoms with Gasteiger partial charge in [-0.05, 0) is 42.6 Å². The van der Waals surface area contributed by atoms with Crippen LogP contribution < -0.4 is 10.1 Å². The normalized spacial score (nSPS) is 10.9. The predicted molar refractivity (Wildman–Crippen MR) is 105 cm³/mol. The molecule has 5 nitrogen and oxygen atoms in total. The van der Waals surface area contributed by atoms with E-state index in [1.54, 1.807) is 24.3 Å². The van der Waals surface area contributed by atoms with Gasteiger partial charge in [0.05, 0.1) is 10.6 Å². The van der Waals surface area contributed by atoms with Crippen molar-refractivity contribution in [3.8, 4) is 17.0 Å². The Hall–Kier alpha value is -2.65. The number of amides is 1. The maximum atomic E-state index is 12.2. The molecule has 3 aromatic rings. The number of benzene rings is 1. The lowest BCUT2D eigenvalue weighted by molar-refractivity contribution is -0.116. The van der Waals surface area contributed by atoms with E-state index in [2.05, 4.69) is 15.0 Å². The van der Waals surface area contributed by atoms with E-state index >= 15 is 0 Å². The molecule has 146 valence electrons. The zero-order valence-electron chi connectivity index (χ0n) is 14.8. The van der Waals surface area contributed by atoms with Crippen molar-refractivity contribution in [3.05, 3.63) is 51.5 Å². The number of hydrogen-bond donors (Lipinski definition) is 1. The van der Waals surface area contributed by atoms with E-state index in [1.165, 1.54) is 34.8 Å². The van der Waals surface area contributed by atoms with Crippen molar-refractivity contribution < 1.29 is 23.1 Å². The maximum absolute atomic E-state index is 12.2. The molecule has 1 aromatic carbocycles. The molecule has 2 aromatic heterocycles. The largest absolute Gasteiger partial charge is 0.435 e. The molecule has 0 aliphatic heterocycles. The van der Waals surface area contributed by atoms with Crippen LogP contribution in [-0.4, -0.2) is 23.3 Å². The van der Waals surface area contributed by atoms with Crippen LogP contribution in [0.15, 0.2) is 41.8 Å². The quantitative estimate of drug-likeness (QED) is 0.495. The van der Waals surface area contributed by atoms with Crippen LogP contribution in [0.5, 0.6) is 5.75 Å². The predicted octanol–water partition coefficient (Wildman–Crippen LogP) is 5.38. The Morgan fingerprint density at radius 3 is 2.57 bits per heavy atom. The number of hydrogen-bond acceptors (Lipinski definition) is 6. The van der Waals surface area contributed by atoms with Gasteiger partial charge in [0.1, 0.15) is 5.75 Å². The van der Waals surface area contributed by atoms with Crippen molar-refractivity contribution in [3.63, 3.8) is 0 Å². The van der Waals surface area contributed by atoms with E-state index < -0.39 is 6.61 Å². The van der Waals surface area contributed by atoms with Crippen molar-refractivity contribution in [2.24, 2.45) is 0 Å². The summed E-state index contributed by atoms with van der Waals surface area (Å²) in [6.45, 7) is -1.02. The monoisotopic (exact) mass is 422 g/mol. The highest BCUT2D eigenvalue weighted by Gasteiger charge is 2.14. The summed E-state index contributed by atoms with van der Waals surface area (Å²) in [5, 5.41) is 4.95. The van der Waals surface area contributed by atoms with Gasteiger partial charge in [0.25, 0.3) is 0 Å². The molecule has 0 fully saturated rings. The number of aromatic nitrogens is 1. The first-order valence-electron chi connectivity index (χ1n) is 8.31. The summed E-state index contributed by atoms with van der Waals surface area (Å²) in [4.78, 5) is 30.0. The van der Waals surface area contributed by atoms with Crippen molar-refractivity contribution in [1.82, 2.24) is 4.98 Å². The Morgan fingerprint density at radius 1 is 1.18 bits per heavy atom. The zero-order valence-corrected chi connectivity index (χ0v) is 16.4. The molecule has 0 saturated heterocycles. The number of nitrogens with zero attached hydrogens (tertiary/aromatic N) is 1. The number of Topliss-reactive ketones (excluding diaryl/α,β-unsaturated/α-hetero) is 1. The molecule has 0 saturated carbocycles. The SMILES string of the molecule is Cc1sc(NC(=O)CCC(=O)c2cccs2)nc1-c1ccc(OC(F)F)cc1. The molecule has 0 unspecified atom stereocenters. The minimum absolute atomic E-state index is 0.0627. The van der Waals surface area contributed by atoms with E-state index in [0.29, 0.717) is 15.7 Å². The average Bonchev–Trinajstić information content (AvgIpc) is 3.30. The second-order valence-corrected chi connectivity index (χ2v) is 7.93. The smallest absolute Gasteiger partial charge is 0.387 e. The van der Waals surface area contributed by atoms with Gasteiger partial charge < -0.3 is 10.1 Å². The molecule has 0 radical (unpaired) electrons. The maximum Gasteiger partial charge on any atom is 0.387 e. The fraction of sp³-hybridized carbons (Fsp3) is 0.211. The highest BCUT2D eigenvalue weighted by atomic mass is 32.1. The third-order valence-corrected chi connectivity index (χ3v) is 5.57. The highest BCUT2D eigenvalue weighted by Crippen LogP contribution is 2.31. The topological polar surface area (TPSA) is 68.3 Å². The Kier molecular flexibility index (Phi) is 6.48. The highest BCUT2D eigenvalue weighted by molar-refractivity contribution is 7.16. The van der Waals surface area contributed by atoms with Gasteiger partial charge in [0.15, 0.2) is 10.9 Å². The van der Waals surface area contributed by atoms with Crippen LogP contribution in [0.1, 0.15) is 27.4 Å². The van der Waals surface area contributed by atoms with Gasteiger partial charge in [-0.2, -0.15) is 8.78 Å². The summed E-state index contributed by atoms with van der Waals surface area (Å²) in [5.74, 6) is -0.284. The number of anilines is 1. The molecule has 0 spiro atoms. The van der Waals surface area contributed by atoms with Gasteiger partial charge in [0.2, 0.25) is 5.91 Å². The van der Waals surface area contributed by atoms with Crippen molar-refractivity contribution in [2.75, 3.05) is 5.32 Å². The number of halogens is 2. The van der Waals surface area contributed by atoms with E-state index in [0.717, 1.165) is 10.4 Å². The molecule has 9 heteroatoms. The van der Waals surface area contributed by atoms with E-state index in [1.807, 2.05) is 12.3 Å². The summed E-state index contributed by atoms with van der Waals surface area (Å²) in [6.07, 6.45) is 0.208. The summed E-state index contributed by atoms with van der Waals surface area (Å²) < 4.78 is 28.8. The number of thiazole rings is 1. The number of nitrogens with one attached hydrogen (secondary N) is 1. The molecular weight excluding hydrogens is 406 g/mol. The number of carbonyl (C=O) groups excluding carboxylic acids is 2. The minimum atomic E-state index is -2.87.